The highest BCUT2D eigenvalue weighted by molar-refractivity contribution is 7.92. The monoisotopic (exact) mass is 331 g/mol. The van der Waals surface area contributed by atoms with E-state index in [-0.39, 0.29) is 0 Å². The van der Waals surface area contributed by atoms with Crippen LogP contribution in [0.3, 0.4) is 0 Å². The molecule has 3 rings (SSSR count). The van der Waals surface area contributed by atoms with Crippen molar-refractivity contribution < 1.29 is 8.42 Å². The second-order valence-electron chi connectivity index (χ2n) is 5.76. The molecule has 0 saturated heterocycles. The van der Waals surface area contributed by atoms with E-state index in [1.165, 1.54) is 18.0 Å². The number of hydrogen-bond donors (Lipinski definition) is 2. The third-order valence-corrected chi connectivity index (χ3v) is 5.34. The highest BCUT2D eigenvalue weighted by atomic mass is 32.2. The summed E-state index contributed by atoms with van der Waals surface area (Å²) in [7, 11) is 0.171. The summed E-state index contributed by atoms with van der Waals surface area (Å²) in [6.45, 7) is 0.942. The van der Waals surface area contributed by atoms with Crippen LogP contribution in [0, 0.1) is 0 Å². The number of fused-ring (bicyclic) bond motifs is 1. The number of aromatic amines is 1. The van der Waals surface area contributed by atoms with Crippen LogP contribution in [0.15, 0.2) is 42.0 Å². The molecule has 1 aromatic heterocycles. The predicted molar refractivity (Wildman–Crippen MR) is 94.4 cm³/mol. The molecule has 23 heavy (non-hydrogen) atoms. The van der Waals surface area contributed by atoms with Crippen molar-refractivity contribution >= 4 is 27.0 Å². The van der Waals surface area contributed by atoms with E-state index >= 15 is 0 Å². The van der Waals surface area contributed by atoms with Crippen molar-refractivity contribution in [3.8, 4) is 0 Å². The number of H-pyrrole nitrogens is 1. The average molecular weight is 331 g/mol. The quantitative estimate of drug-likeness (QED) is 0.847. The number of nitrogens with zero attached hydrogens (tertiary/aromatic N) is 1. The van der Waals surface area contributed by atoms with Gasteiger partial charge in [-0.25, -0.2) is 13.1 Å². The smallest absolute Gasteiger partial charge is 0.233 e. The average Bonchev–Trinajstić information content (AvgIpc) is 2.96. The first kappa shape index (κ1) is 16.0. The molecule has 122 valence electrons. The lowest BCUT2D eigenvalue weighted by Crippen LogP contribution is -2.26. The van der Waals surface area contributed by atoms with Crippen LogP contribution in [0.2, 0.25) is 0 Å². The summed E-state index contributed by atoms with van der Waals surface area (Å²) < 4.78 is 25.3. The minimum absolute atomic E-state index is 0.342. The predicted octanol–water partition coefficient (Wildman–Crippen LogP) is 2.62. The molecule has 1 aliphatic heterocycles. The third-order valence-electron chi connectivity index (χ3n) is 4.27. The molecule has 5 nitrogen and oxygen atoms in total. The second-order valence-corrected chi connectivity index (χ2v) is 7.53. The summed E-state index contributed by atoms with van der Waals surface area (Å²) in [6, 6.07) is 6.28. The molecule has 0 aliphatic carbocycles. The lowest BCUT2D eigenvalue weighted by molar-refractivity contribution is 0.262. The van der Waals surface area contributed by atoms with E-state index < -0.39 is 10.0 Å². The third kappa shape index (κ3) is 3.39. The molecule has 1 aliphatic rings. The lowest BCUT2D eigenvalue weighted by Gasteiger charge is -2.29. The molecule has 0 amide bonds. The van der Waals surface area contributed by atoms with E-state index in [2.05, 4.69) is 40.0 Å². The lowest BCUT2D eigenvalue weighted by atomic mass is 9.98. The molecule has 2 N–H and O–H groups in total. The fourth-order valence-corrected chi connectivity index (χ4v) is 3.39. The van der Waals surface area contributed by atoms with Gasteiger partial charge in [-0.1, -0.05) is 18.2 Å². The molecule has 0 spiro atoms. The van der Waals surface area contributed by atoms with Gasteiger partial charge >= 0.3 is 0 Å². The van der Waals surface area contributed by atoms with Crippen molar-refractivity contribution in [2.75, 3.05) is 20.6 Å². The van der Waals surface area contributed by atoms with Crippen LogP contribution in [0.1, 0.15) is 23.6 Å². The minimum Gasteiger partial charge on any atom is -0.361 e. The van der Waals surface area contributed by atoms with Gasteiger partial charge in [0.1, 0.15) is 0 Å². The summed E-state index contributed by atoms with van der Waals surface area (Å²) >= 11 is 0. The van der Waals surface area contributed by atoms with Gasteiger partial charge < -0.3 is 4.98 Å². The first-order valence-electron chi connectivity index (χ1n) is 7.58. The molecule has 2 heterocycles. The maximum absolute atomic E-state index is 11.5. The van der Waals surface area contributed by atoms with Crippen LogP contribution in [0.25, 0.3) is 17.0 Å². The van der Waals surface area contributed by atoms with Gasteiger partial charge in [0.25, 0.3) is 0 Å². The Bertz CT molecular complexity index is 865. The van der Waals surface area contributed by atoms with Crippen molar-refractivity contribution in [1.29, 1.82) is 0 Å². The summed E-state index contributed by atoms with van der Waals surface area (Å²) in [6.07, 6.45) is 9.06. The highest BCUT2D eigenvalue weighted by Crippen LogP contribution is 2.32. The molecule has 1 aromatic carbocycles. The SMILES string of the molecule is CNS(=O)(=O)/C=C/c1ccc2[nH]cc(C3CC=CCN3C)c2c1. The molecule has 6 heteroatoms. The molecule has 0 radical (unpaired) electrons. The van der Waals surface area contributed by atoms with Gasteiger partial charge in [0.15, 0.2) is 0 Å². The number of likely N-dealkylation sites (N-methyl/N-ethyl adjacent to an activating group) is 1. The standard InChI is InChI=1S/C17H21N3O2S/c1-18-23(21,22)10-8-13-6-7-16-14(11-13)15(12-19-16)17-5-3-4-9-20(17)2/h3-4,6-8,10-12,17-19H,5,9H2,1-2H3/b10-8+. The van der Waals surface area contributed by atoms with Crippen LogP contribution in [0.5, 0.6) is 0 Å². The van der Waals surface area contributed by atoms with E-state index in [1.54, 1.807) is 6.08 Å². The van der Waals surface area contributed by atoms with Gasteiger partial charge in [-0.05, 0) is 49.9 Å². The molecular formula is C17H21N3O2S. The Hall–Kier alpha value is -1.89. The molecule has 2 aromatic rings. The number of aromatic nitrogens is 1. The molecule has 0 saturated carbocycles. The molecule has 1 atom stereocenters. The summed E-state index contributed by atoms with van der Waals surface area (Å²) in [4.78, 5) is 5.63. The van der Waals surface area contributed by atoms with Crippen molar-refractivity contribution in [2.45, 2.75) is 12.5 Å². The Morgan fingerprint density at radius 2 is 2.17 bits per heavy atom. The van der Waals surface area contributed by atoms with E-state index in [9.17, 15) is 8.42 Å². The maximum atomic E-state index is 11.5. The Morgan fingerprint density at radius 1 is 1.35 bits per heavy atom. The van der Waals surface area contributed by atoms with Gasteiger partial charge in [-0.15, -0.1) is 0 Å². The van der Waals surface area contributed by atoms with Gasteiger partial charge in [0, 0.05) is 35.1 Å². The van der Waals surface area contributed by atoms with Gasteiger partial charge in [0.2, 0.25) is 10.0 Å². The highest BCUT2D eigenvalue weighted by Gasteiger charge is 2.20. The number of rotatable bonds is 4. The summed E-state index contributed by atoms with van der Waals surface area (Å²) in [5.74, 6) is 0. The largest absolute Gasteiger partial charge is 0.361 e. The maximum Gasteiger partial charge on any atom is 0.233 e. The second kappa shape index (κ2) is 6.31. The van der Waals surface area contributed by atoms with E-state index in [1.807, 2.05) is 18.2 Å². The van der Waals surface area contributed by atoms with E-state index in [0.29, 0.717) is 6.04 Å². The van der Waals surface area contributed by atoms with Crippen molar-refractivity contribution in [3.63, 3.8) is 0 Å². The Kier molecular flexibility index (Phi) is 4.39. The minimum atomic E-state index is -3.35. The van der Waals surface area contributed by atoms with Crippen molar-refractivity contribution in [2.24, 2.45) is 0 Å². The number of benzene rings is 1. The van der Waals surface area contributed by atoms with E-state index in [0.717, 1.165) is 29.4 Å². The van der Waals surface area contributed by atoms with Crippen LogP contribution in [0.4, 0.5) is 0 Å². The van der Waals surface area contributed by atoms with Gasteiger partial charge in [0.05, 0.1) is 0 Å². The van der Waals surface area contributed by atoms with Crippen LogP contribution in [-0.2, 0) is 10.0 Å². The Labute approximate surface area is 136 Å². The fourth-order valence-electron chi connectivity index (χ4n) is 2.91. The fraction of sp³-hybridized carbons (Fsp3) is 0.294. The first-order chi connectivity index (χ1) is 11.0. The number of hydrogen-bond acceptors (Lipinski definition) is 3. The zero-order valence-corrected chi connectivity index (χ0v) is 14.1. The Balaban J connectivity index is 1.99. The topological polar surface area (TPSA) is 65.2 Å². The normalized spacial score (nSPS) is 19.8. The zero-order valence-electron chi connectivity index (χ0n) is 13.3. The van der Waals surface area contributed by atoms with Crippen molar-refractivity contribution in [1.82, 2.24) is 14.6 Å². The molecule has 0 bridgehead atoms. The van der Waals surface area contributed by atoms with Gasteiger partial charge in [-0.2, -0.15) is 0 Å². The Morgan fingerprint density at radius 3 is 2.91 bits per heavy atom. The number of nitrogens with one attached hydrogen (secondary N) is 2. The molecule has 0 fully saturated rings. The summed E-state index contributed by atoms with van der Waals surface area (Å²) in [5, 5.41) is 2.33. The molecular weight excluding hydrogens is 310 g/mol. The van der Waals surface area contributed by atoms with Gasteiger partial charge in [-0.3, -0.25) is 4.90 Å². The first-order valence-corrected chi connectivity index (χ1v) is 9.13. The number of sulfonamides is 1. The van der Waals surface area contributed by atoms with Crippen LogP contribution in [-0.4, -0.2) is 38.9 Å². The summed E-state index contributed by atoms with van der Waals surface area (Å²) in [5.41, 5.74) is 3.18. The van der Waals surface area contributed by atoms with Crippen molar-refractivity contribution in [3.05, 3.63) is 53.1 Å². The zero-order chi connectivity index (χ0) is 16.4. The van der Waals surface area contributed by atoms with Crippen LogP contribution >= 0.6 is 0 Å². The van der Waals surface area contributed by atoms with E-state index in [4.69, 9.17) is 0 Å². The molecule has 1 unspecified atom stereocenters. The van der Waals surface area contributed by atoms with Crippen LogP contribution < -0.4 is 4.72 Å².